The first-order valence-electron chi connectivity index (χ1n) is 7.86. The van der Waals surface area contributed by atoms with Gasteiger partial charge in [0, 0.05) is 25.1 Å². The number of carbonyl (C=O) groups is 1. The molecule has 2 aromatic heterocycles. The van der Waals surface area contributed by atoms with Gasteiger partial charge in [0.1, 0.15) is 5.82 Å². The van der Waals surface area contributed by atoms with Crippen molar-refractivity contribution in [3.05, 3.63) is 78.0 Å². The van der Waals surface area contributed by atoms with E-state index in [1.807, 2.05) is 24.4 Å². The van der Waals surface area contributed by atoms with E-state index < -0.39 is 0 Å². The van der Waals surface area contributed by atoms with Crippen molar-refractivity contribution in [2.24, 2.45) is 0 Å². The lowest BCUT2D eigenvalue weighted by Crippen LogP contribution is -2.36. The average Bonchev–Trinajstić information content (AvgIpc) is 3.15. The zero-order chi connectivity index (χ0) is 17.6. The summed E-state index contributed by atoms with van der Waals surface area (Å²) in [6.07, 6.45) is 5.18. The van der Waals surface area contributed by atoms with Gasteiger partial charge in [0.05, 0.1) is 6.04 Å². The molecule has 0 aliphatic carbocycles. The molecule has 0 spiro atoms. The number of nitrogens with one attached hydrogen (secondary N) is 2. The summed E-state index contributed by atoms with van der Waals surface area (Å²) in [4.78, 5) is 16.3. The molecule has 0 aliphatic rings. The smallest absolute Gasteiger partial charge is 0.315 e. The number of hydrogen-bond donors (Lipinski definition) is 2. The second-order valence-electron chi connectivity index (χ2n) is 5.58. The van der Waals surface area contributed by atoms with Crippen molar-refractivity contribution in [1.82, 2.24) is 25.4 Å². The molecule has 0 bridgehead atoms. The number of pyridine rings is 1. The van der Waals surface area contributed by atoms with Gasteiger partial charge in [-0.1, -0.05) is 18.2 Å². The van der Waals surface area contributed by atoms with Crippen LogP contribution in [0, 0.1) is 5.82 Å². The molecule has 0 aliphatic heterocycles. The number of benzene rings is 1. The van der Waals surface area contributed by atoms with Crippen molar-refractivity contribution in [2.45, 2.75) is 19.5 Å². The van der Waals surface area contributed by atoms with Crippen molar-refractivity contribution < 1.29 is 9.18 Å². The summed E-state index contributed by atoms with van der Waals surface area (Å²) in [5.74, 6) is 0.382. The Morgan fingerprint density at radius 2 is 2.16 bits per heavy atom. The zero-order valence-electron chi connectivity index (χ0n) is 13.7. The molecule has 2 heterocycles. The Labute approximate surface area is 144 Å². The highest BCUT2D eigenvalue weighted by Gasteiger charge is 2.10. The molecule has 6 nitrogen and oxygen atoms in total. The molecule has 128 valence electrons. The van der Waals surface area contributed by atoms with Crippen LogP contribution < -0.4 is 10.6 Å². The summed E-state index contributed by atoms with van der Waals surface area (Å²) in [6.45, 7) is 2.14. The number of amides is 2. The van der Waals surface area contributed by atoms with Crippen molar-refractivity contribution in [2.75, 3.05) is 0 Å². The molecule has 2 N–H and O–H groups in total. The van der Waals surface area contributed by atoms with E-state index in [2.05, 4.69) is 20.7 Å². The Bertz CT molecular complexity index is 833. The van der Waals surface area contributed by atoms with Crippen LogP contribution in [0.3, 0.4) is 0 Å². The predicted molar refractivity (Wildman–Crippen MR) is 91.5 cm³/mol. The average molecular weight is 339 g/mol. The second kappa shape index (κ2) is 7.57. The summed E-state index contributed by atoms with van der Waals surface area (Å²) >= 11 is 0. The fourth-order valence-corrected chi connectivity index (χ4v) is 2.35. The van der Waals surface area contributed by atoms with Crippen LogP contribution in [0.2, 0.25) is 0 Å². The molecule has 3 rings (SSSR count). The van der Waals surface area contributed by atoms with Gasteiger partial charge in [-0.05, 0) is 42.3 Å². The summed E-state index contributed by atoms with van der Waals surface area (Å²) in [5, 5.41) is 9.64. The molecule has 0 saturated heterocycles. The summed E-state index contributed by atoms with van der Waals surface area (Å²) in [7, 11) is 0. The third kappa shape index (κ3) is 4.41. The molecular formula is C18H18FN5O. The molecule has 2 amide bonds. The van der Waals surface area contributed by atoms with Gasteiger partial charge >= 0.3 is 6.03 Å². The monoisotopic (exact) mass is 339 g/mol. The minimum Gasteiger partial charge on any atom is -0.334 e. The van der Waals surface area contributed by atoms with Gasteiger partial charge in [0.2, 0.25) is 0 Å². The number of aromatic nitrogens is 3. The van der Waals surface area contributed by atoms with Gasteiger partial charge in [-0.3, -0.25) is 0 Å². The van der Waals surface area contributed by atoms with Crippen molar-refractivity contribution in [3.63, 3.8) is 0 Å². The lowest BCUT2D eigenvalue weighted by molar-refractivity contribution is 0.237. The van der Waals surface area contributed by atoms with Crippen LogP contribution in [-0.4, -0.2) is 20.8 Å². The van der Waals surface area contributed by atoms with Gasteiger partial charge < -0.3 is 10.6 Å². The fraction of sp³-hybridized carbons (Fsp3) is 0.167. The fourth-order valence-electron chi connectivity index (χ4n) is 2.35. The maximum Gasteiger partial charge on any atom is 0.315 e. The van der Waals surface area contributed by atoms with Gasteiger partial charge in [0.15, 0.2) is 5.82 Å². The van der Waals surface area contributed by atoms with Crippen LogP contribution in [0.4, 0.5) is 9.18 Å². The van der Waals surface area contributed by atoms with Crippen molar-refractivity contribution >= 4 is 6.03 Å². The minimum atomic E-state index is -0.326. The first-order valence-corrected chi connectivity index (χ1v) is 7.86. The van der Waals surface area contributed by atoms with E-state index in [1.54, 1.807) is 36.1 Å². The molecule has 1 aromatic carbocycles. The normalized spacial score (nSPS) is 11.8. The van der Waals surface area contributed by atoms with Crippen molar-refractivity contribution in [1.29, 1.82) is 0 Å². The topological polar surface area (TPSA) is 71.8 Å². The van der Waals surface area contributed by atoms with Crippen LogP contribution >= 0.6 is 0 Å². The Morgan fingerprint density at radius 1 is 1.28 bits per heavy atom. The minimum absolute atomic E-state index is 0.295. The molecule has 0 fully saturated rings. The second-order valence-corrected chi connectivity index (χ2v) is 5.58. The van der Waals surface area contributed by atoms with Crippen LogP contribution in [0.5, 0.6) is 0 Å². The highest BCUT2D eigenvalue weighted by atomic mass is 19.1. The van der Waals surface area contributed by atoms with Crippen LogP contribution in [0.15, 0.2) is 61.1 Å². The van der Waals surface area contributed by atoms with E-state index in [9.17, 15) is 9.18 Å². The standard InChI is InChI=1S/C18H18FN5O/c1-13(15-4-2-5-16(19)10-15)23-18(25)21-12-14-6-7-17(20-11-14)24-9-3-8-22-24/h2-11,13H,12H2,1H3,(H2,21,23,25). The summed E-state index contributed by atoms with van der Waals surface area (Å²) in [6, 6.07) is 11.1. The van der Waals surface area contributed by atoms with Crippen LogP contribution in [0.25, 0.3) is 5.82 Å². The number of carbonyl (C=O) groups excluding carboxylic acids is 1. The molecule has 7 heteroatoms. The van der Waals surface area contributed by atoms with Gasteiger partial charge in [-0.15, -0.1) is 0 Å². The molecule has 3 aromatic rings. The Hall–Kier alpha value is -3.22. The van der Waals surface area contributed by atoms with Crippen LogP contribution in [0.1, 0.15) is 24.1 Å². The number of halogens is 1. The largest absolute Gasteiger partial charge is 0.334 e. The molecule has 1 unspecified atom stereocenters. The van der Waals surface area contributed by atoms with Crippen molar-refractivity contribution in [3.8, 4) is 5.82 Å². The van der Waals surface area contributed by atoms with Gasteiger partial charge in [0.25, 0.3) is 0 Å². The Balaban J connectivity index is 1.52. The van der Waals surface area contributed by atoms with E-state index >= 15 is 0 Å². The number of urea groups is 1. The first kappa shape index (κ1) is 16.6. The van der Waals surface area contributed by atoms with E-state index in [1.165, 1.54) is 12.1 Å². The highest BCUT2D eigenvalue weighted by molar-refractivity contribution is 5.74. The number of hydrogen-bond acceptors (Lipinski definition) is 3. The SMILES string of the molecule is CC(NC(=O)NCc1ccc(-n2cccn2)nc1)c1cccc(F)c1. The number of rotatable bonds is 5. The quantitative estimate of drug-likeness (QED) is 0.751. The maximum atomic E-state index is 13.2. The lowest BCUT2D eigenvalue weighted by atomic mass is 10.1. The predicted octanol–water partition coefficient (Wildman–Crippen LogP) is 2.97. The Morgan fingerprint density at radius 3 is 2.84 bits per heavy atom. The molecule has 1 atom stereocenters. The van der Waals surface area contributed by atoms with Crippen LogP contribution in [-0.2, 0) is 6.54 Å². The maximum absolute atomic E-state index is 13.2. The molecule has 0 saturated carbocycles. The lowest BCUT2D eigenvalue weighted by Gasteiger charge is -2.15. The third-order valence-electron chi connectivity index (χ3n) is 3.70. The molecule has 25 heavy (non-hydrogen) atoms. The first-order chi connectivity index (χ1) is 12.1. The zero-order valence-corrected chi connectivity index (χ0v) is 13.7. The van der Waals surface area contributed by atoms with Gasteiger partial charge in [-0.2, -0.15) is 5.10 Å². The van der Waals surface area contributed by atoms with E-state index in [4.69, 9.17) is 0 Å². The van der Waals surface area contributed by atoms with Gasteiger partial charge in [-0.25, -0.2) is 18.9 Å². The van der Waals surface area contributed by atoms with E-state index in [-0.39, 0.29) is 17.9 Å². The third-order valence-corrected chi connectivity index (χ3v) is 3.70. The number of nitrogens with zero attached hydrogens (tertiary/aromatic N) is 3. The summed E-state index contributed by atoms with van der Waals surface area (Å²) < 4.78 is 14.9. The Kier molecular flexibility index (Phi) is 5.03. The van der Waals surface area contributed by atoms with E-state index in [0.29, 0.717) is 17.9 Å². The van der Waals surface area contributed by atoms with E-state index in [0.717, 1.165) is 5.56 Å². The molecule has 0 radical (unpaired) electrons. The summed E-state index contributed by atoms with van der Waals surface area (Å²) in [5.41, 5.74) is 1.57. The molecular weight excluding hydrogens is 321 g/mol. The highest BCUT2D eigenvalue weighted by Crippen LogP contribution is 2.13.